The zero-order valence-electron chi connectivity index (χ0n) is 8.17. The monoisotopic (exact) mass is 187 g/mol. The predicted octanol–water partition coefficient (Wildman–Crippen LogP) is -0.0900. The molecule has 13 heavy (non-hydrogen) atoms. The van der Waals surface area contributed by atoms with E-state index in [1.807, 2.05) is 0 Å². The Kier molecular flexibility index (Phi) is 3.27. The summed E-state index contributed by atoms with van der Waals surface area (Å²) in [6.07, 6.45) is -0.00667. The molecule has 0 radical (unpaired) electrons. The van der Waals surface area contributed by atoms with Crippen LogP contribution in [0, 0.1) is 5.41 Å². The first-order valence-electron chi connectivity index (χ1n) is 4.67. The number of esters is 1. The molecule has 0 aromatic carbocycles. The van der Waals surface area contributed by atoms with Crippen LogP contribution in [0.2, 0.25) is 0 Å². The summed E-state index contributed by atoms with van der Waals surface area (Å²) in [7, 11) is 0. The van der Waals surface area contributed by atoms with Crippen LogP contribution in [0.5, 0.6) is 0 Å². The molecule has 0 bridgehead atoms. The number of piperidine rings is 1. The van der Waals surface area contributed by atoms with Crippen LogP contribution < -0.4 is 5.32 Å². The van der Waals surface area contributed by atoms with E-state index in [0.29, 0.717) is 19.6 Å². The first-order chi connectivity index (χ1) is 6.11. The third-order valence-corrected chi connectivity index (χ3v) is 2.64. The first kappa shape index (κ1) is 10.5. The van der Waals surface area contributed by atoms with E-state index in [1.165, 1.54) is 0 Å². The lowest BCUT2D eigenvalue weighted by molar-refractivity contribution is -0.163. The molecular formula is C9H17NO3. The molecule has 1 heterocycles. The van der Waals surface area contributed by atoms with Gasteiger partial charge in [-0.3, -0.25) is 4.79 Å². The Morgan fingerprint density at radius 3 is 3.00 bits per heavy atom. The average Bonchev–Trinajstić information content (AvgIpc) is 2.11. The molecule has 1 aliphatic heterocycles. The van der Waals surface area contributed by atoms with Crippen molar-refractivity contribution in [2.75, 3.05) is 19.7 Å². The zero-order valence-corrected chi connectivity index (χ0v) is 8.17. The van der Waals surface area contributed by atoms with E-state index >= 15 is 0 Å². The molecule has 2 N–H and O–H groups in total. The van der Waals surface area contributed by atoms with Gasteiger partial charge in [0.05, 0.1) is 18.1 Å². The largest absolute Gasteiger partial charge is 0.465 e. The summed E-state index contributed by atoms with van der Waals surface area (Å²) in [5, 5.41) is 12.7. The number of carbonyl (C=O) groups excluding carboxylic acids is 1. The van der Waals surface area contributed by atoms with Gasteiger partial charge in [0.2, 0.25) is 0 Å². The van der Waals surface area contributed by atoms with Gasteiger partial charge in [-0.05, 0) is 26.8 Å². The number of nitrogens with one attached hydrogen (secondary N) is 1. The summed E-state index contributed by atoms with van der Waals surface area (Å²) < 4.78 is 4.93. The molecule has 0 spiro atoms. The Hall–Kier alpha value is -0.610. The van der Waals surface area contributed by atoms with Crippen molar-refractivity contribution in [3.63, 3.8) is 0 Å². The maximum atomic E-state index is 11.5. The fraction of sp³-hybridized carbons (Fsp3) is 0.889. The van der Waals surface area contributed by atoms with Gasteiger partial charge in [0.25, 0.3) is 0 Å². The van der Waals surface area contributed by atoms with Gasteiger partial charge >= 0.3 is 5.97 Å². The van der Waals surface area contributed by atoms with Crippen molar-refractivity contribution in [1.82, 2.24) is 5.32 Å². The molecule has 0 aromatic rings. The number of rotatable bonds is 2. The second kappa shape index (κ2) is 4.07. The van der Waals surface area contributed by atoms with Gasteiger partial charge in [0.1, 0.15) is 0 Å². The number of carbonyl (C=O) groups is 1. The number of β-amino-alcohol motifs (C(OH)–C–C–N with tert-alkyl or cyclic N) is 1. The van der Waals surface area contributed by atoms with Crippen LogP contribution in [-0.2, 0) is 9.53 Å². The first-order valence-corrected chi connectivity index (χ1v) is 4.67. The van der Waals surface area contributed by atoms with Crippen molar-refractivity contribution in [2.45, 2.75) is 26.4 Å². The van der Waals surface area contributed by atoms with Gasteiger partial charge in [-0.1, -0.05) is 0 Å². The van der Waals surface area contributed by atoms with Gasteiger partial charge < -0.3 is 15.2 Å². The Morgan fingerprint density at radius 2 is 2.46 bits per heavy atom. The highest BCUT2D eigenvalue weighted by Gasteiger charge is 2.43. The summed E-state index contributed by atoms with van der Waals surface area (Å²) in [4.78, 5) is 11.5. The maximum Gasteiger partial charge on any atom is 0.314 e. The fourth-order valence-electron chi connectivity index (χ4n) is 1.51. The van der Waals surface area contributed by atoms with Crippen molar-refractivity contribution >= 4 is 5.97 Å². The van der Waals surface area contributed by atoms with Crippen LogP contribution in [0.3, 0.4) is 0 Å². The highest BCUT2D eigenvalue weighted by Crippen LogP contribution is 2.29. The number of hydrogen-bond donors (Lipinski definition) is 2. The van der Waals surface area contributed by atoms with Crippen LogP contribution in [-0.4, -0.2) is 36.9 Å². The molecule has 4 nitrogen and oxygen atoms in total. The minimum Gasteiger partial charge on any atom is -0.465 e. The lowest BCUT2D eigenvalue weighted by Crippen LogP contribution is -2.52. The lowest BCUT2D eigenvalue weighted by atomic mass is 9.78. The number of aliphatic hydroxyl groups is 1. The van der Waals surface area contributed by atoms with Crippen LogP contribution in [0.4, 0.5) is 0 Å². The molecule has 2 unspecified atom stereocenters. The molecule has 0 aliphatic carbocycles. The molecule has 0 saturated carbocycles. The number of ether oxygens (including phenoxy) is 1. The minimum absolute atomic E-state index is 0.288. The van der Waals surface area contributed by atoms with E-state index in [9.17, 15) is 9.90 Å². The van der Waals surface area contributed by atoms with Crippen molar-refractivity contribution in [1.29, 1.82) is 0 Å². The SMILES string of the molecule is CCOC(=O)C1(C)CCNCC1O. The van der Waals surface area contributed by atoms with E-state index < -0.39 is 11.5 Å². The van der Waals surface area contributed by atoms with E-state index in [1.54, 1.807) is 13.8 Å². The topological polar surface area (TPSA) is 58.6 Å². The molecular weight excluding hydrogens is 170 g/mol. The van der Waals surface area contributed by atoms with Crippen molar-refractivity contribution in [3.8, 4) is 0 Å². The second-order valence-corrected chi connectivity index (χ2v) is 3.61. The molecule has 2 atom stereocenters. The molecule has 76 valence electrons. The Balaban J connectivity index is 2.65. The fourth-order valence-corrected chi connectivity index (χ4v) is 1.51. The van der Waals surface area contributed by atoms with Crippen LogP contribution in [0.25, 0.3) is 0 Å². The van der Waals surface area contributed by atoms with E-state index in [4.69, 9.17) is 4.74 Å². The molecule has 1 rings (SSSR count). The van der Waals surface area contributed by atoms with E-state index in [0.717, 1.165) is 6.54 Å². The van der Waals surface area contributed by atoms with Gasteiger partial charge in [-0.25, -0.2) is 0 Å². The molecule has 4 heteroatoms. The molecule has 1 aliphatic rings. The Morgan fingerprint density at radius 1 is 1.77 bits per heavy atom. The Bertz CT molecular complexity index is 195. The van der Waals surface area contributed by atoms with Gasteiger partial charge in [0, 0.05) is 6.54 Å². The summed E-state index contributed by atoms with van der Waals surface area (Å²) >= 11 is 0. The summed E-state index contributed by atoms with van der Waals surface area (Å²) in [6, 6.07) is 0. The lowest BCUT2D eigenvalue weighted by Gasteiger charge is -2.36. The third kappa shape index (κ3) is 2.00. The van der Waals surface area contributed by atoms with Crippen molar-refractivity contribution in [3.05, 3.63) is 0 Å². The average molecular weight is 187 g/mol. The van der Waals surface area contributed by atoms with Gasteiger partial charge in [-0.15, -0.1) is 0 Å². The molecule has 1 saturated heterocycles. The van der Waals surface area contributed by atoms with Crippen molar-refractivity contribution in [2.24, 2.45) is 5.41 Å². The summed E-state index contributed by atoms with van der Waals surface area (Å²) in [5.74, 6) is -0.288. The van der Waals surface area contributed by atoms with Gasteiger partial charge in [0.15, 0.2) is 0 Å². The summed E-state index contributed by atoms with van der Waals surface area (Å²) in [6.45, 7) is 5.13. The van der Waals surface area contributed by atoms with E-state index in [2.05, 4.69) is 5.32 Å². The smallest absolute Gasteiger partial charge is 0.314 e. The van der Waals surface area contributed by atoms with Crippen LogP contribution in [0.15, 0.2) is 0 Å². The highest BCUT2D eigenvalue weighted by molar-refractivity contribution is 5.77. The van der Waals surface area contributed by atoms with Crippen molar-refractivity contribution < 1.29 is 14.6 Å². The number of hydrogen-bond acceptors (Lipinski definition) is 4. The predicted molar refractivity (Wildman–Crippen MR) is 48.2 cm³/mol. The third-order valence-electron chi connectivity index (χ3n) is 2.64. The summed E-state index contributed by atoms with van der Waals surface area (Å²) in [5.41, 5.74) is -0.721. The van der Waals surface area contributed by atoms with Crippen LogP contribution in [0.1, 0.15) is 20.3 Å². The van der Waals surface area contributed by atoms with Gasteiger partial charge in [-0.2, -0.15) is 0 Å². The Labute approximate surface area is 78.3 Å². The maximum absolute atomic E-state index is 11.5. The van der Waals surface area contributed by atoms with Crippen LogP contribution >= 0.6 is 0 Å². The normalized spacial score (nSPS) is 34.2. The quantitative estimate of drug-likeness (QED) is 0.593. The molecule has 0 aromatic heterocycles. The zero-order chi connectivity index (χ0) is 9.90. The molecule has 1 fully saturated rings. The number of aliphatic hydroxyl groups excluding tert-OH is 1. The highest BCUT2D eigenvalue weighted by atomic mass is 16.5. The minimum atomic E-state index is -0.721. The van der Waals surface area contributed by atoms with E-state index in [-0.39, 0.29) is 5.97 Å². The molecule has 0 amide bonds. The second-order valence-electron chi connectivity index (χ2n) is 3.61. The standard InChI is InChI=1S/C9H17NO3/c1-3-13-8(12)9(2)4-5-10-6-7(9)11/h7,10-11H,3-6H2,1-2H3.